The third-order valence-electron chi connectivity index (χ3n) is 3.09. The Morgan fingerprint density at radius 3 is 2.58 bits per heavy atom. The standard InChI is InChI=1S/C8H13N3O/c1-8(5-3-4-5)6(9)10-7(12)11(8)2/h5H,3-4H2,1-2H3,(H2,9,10,12). The highest BCUT2D eigenvalue weighted by atomic mass is 16.2. The summed E-state index contributed by atoms with van der Waals surface area (Å²) in [5.41, 5.74) is 5.43. The Labute approximate surface area is 71.4 Å². The van der Waals surface area contributed by atoms with E-state index in [-0.39, 0.29) is 11.6 Å². The number of likely N-dealkylation sites (N-methyl/N-ethyl adjacent to an activating group) is 1. The molecule has 0 spiro atoms. The lowest BCUT2D eigenvalue weighted by Gasteiger charge is -2.31. The molecule has 1 fully saturated rings. The Morgan fingerprint density at radius 2 is 2.25 bits per heavy atom. The minimum atomic E-state index is -0.295. The molecule has 2 aliphatic rings. The molecule has 12 heavy (non-hydrogen) atoms. The predicted molar refractivity (Wildman–Crippen MR) is 45.9 cm³/mol. The van der Waals surface area contributed by atoms with Crippen molar-refractivity contribution in [3.63, 3.8) is 0 Å². The molecule has 0 aromatic carbocycles. The molecule has 1 saturated carbocycles. The predicted octanol–water partition coefficient (Wildman–Crippen LogP) is 0.578. The Bertz CT molecular complexity index is 269. The van der Waals surface area contributed by atoms with Crippen molar-refractivity contribution in [1.29, 1.82) is 0 Å². The van der Waals surface area contributed by atoms with Gasteiger partial charge >= 0.3 is 6.03 Å². The summed E-state index contributed by atoms with van der Waals surface area (Å²) in [5.74, 6) is 1.01. The van der Waals surface area contributed by atoms with Crippen LogP contribution in [-0.4, -0.2) is 29.4 Å². The van der Waals surface area contributed by atoms with Crippen molar-refractivity contribution in [2.24, 2.45) is 16.6 Å². The second-order valence-electron chi connectivity index (χ2n) is 3.76. The molecular formula is C8H13N3O. The molecule has 0 aromatic rings. The van der Waals surface area contributed by atoms with Gasteiger partial charge in [-0.3, -0.25) is 0 Å². The number of rotatable bonds is 1. The van der Waals surface area contributed by atoms with Crippen molar-refractivity contribution >= 4 is 11.9 Å². The van der Waals surface area contributed by atoms with Gasteiger partial charge in [0.15, 0.2) is 0 Å². The zero-order valence-corrected chi connectivity index (χ0v) is 7.37. The molecule has 1 unspecified atom stereocenters. The van der Waals surface area contributed by atoms with Crippen LogP contribution in [0.25, 0.3) is 0 Å². The van der Waals surface area contributed by atoms with Gasteiger partial charge in [0.25, 0.3) is 0 Å². The van der Waals surface area contributed by atoms with Gasteiger partial charge in [-0.05, 0) is 25.7 Å². The molecule has 0 radical (unpaired) electrons. The Balaban J connectivity index is 2.35. The number of hydrogen-bond acceptors (Lipinski definition) is 2. The molecule has 66 valence electrons. The number of carbonyl (C=O) groups is 1. The van der Waals surface area contributed by atoms with Gasteiger partial charge in [-0.15, -0.1) is 0 Å². The molecule has 4 heteroatoms. The maximum Gasteiger partial charge on any atom is 0.345 e. The maximum atomic E-state index is 11.2. The van der Waals surface area contributed by atoms with E-state index in [0.29, 0.717) is 11.8 Å². The zero-order chi connectivity index (χ0) is 8.93. The van der Waals surface area contributed by atoms with Gasteiger partial charge in [-0.1, -0.05) is 0 Å². The van der Waals surface area contributed by atoms with Crippen LogP contribution < -0.4 is 5.73 Å². The van der Waals surface area contributed by atoms with Crippen molar-refractivity contribution in [1.82, 2.24) is 4.90 Å². The van der Waals surface area contributed by atoms with Crippen LogP contribution in [0.2, 0.25) is 0 Å². The van der Waals surface area contributed by atoms with Gasteiger partial charge in [0, 0.05) is 7.05 Å². The summed E-state index contributed by atoms with van der Waals surface area (Å²) >= 11 is 0. The van der Waals surface area contributed by atoms with Crippen molar-refractivity contribution in [3.8, 4) is 0 Å². The molecule has 0 saturated heterocycles. The lowest BCUT2D eigenvalue weighted by Crippen LogP contribution is -2.51. The fourth-order valence-electron chi connectivity index (χ4n) is 1.79. The average molecular weight is 167 g/mol. The van der Waals surface area contributed by atoms with Crippen molar-refractivity contribution in [3.05, 3.63) is 0 Å². The van der Waals surface area contributed by atoms with E-state index in [0.717, 1.165) is 12.8 Å². The number of amidine groups is 1. The van der Waals surface area contributed by atoms with Gasteiger partial charge in [-0.2, -0.15) is 4.99 Å². The molecule has 1 aliphatic carbocycles. The first kappa shape index (κ1) is 7.58. The minimum Gasteiger partial charge on any atom is -0.385 e. The second-order valence-corrected chi connectivity index (χ2v) is 3.76. The van der Waals surface area contributed by atoms with E-state index in [1.165, 1.54) is 0 Å². The summed E-state index contributed by atoms with van der Waals surface area (Å²) in [7, 11) is 1.77. The van der Waals surface area contributed by atoms with E-state index < -0.39 is 0 Å². The van der Waals surface area contributed by atoms with Gasteiger partial charge in [0.2, 0.25) is 0 Å². The van der Waals surface area contributed by atoms with E-state index in [9.17, 15) is 4.79 Å². The lowest BCUT2D eigenvalue weighted by atomic mass is 9.94. The molecule has 0 aromatic heterocycles. The molecule has 1 aliphatic heterocycles. The highest BCUT2D eigenvalue weighted by Crippen LogP contribution is 2.44. The molecule has 2 amide bonds. The number of carbonyl (C=O) groups excluding carboxylic acids is 1. The molecule has 2 N–H and O–H groups in total. The monoisotopic (exact) mass is 167 g/mol. The van der Waals surface area contributed by atoms with Crippen LogP contribution in [0.4, 0.5) is 4.79 Å². The topological polar surface area (TPSA) is 58.7 Å². The Kier molecular flexibility index (Phi) is 1.26. The van der Waals surface area contributed by atoms with Crippen LogP contribution in [0.5, 0.6) is 0 Å². The highest BCUT2D eigenvalue weighted by Gasteiger charge is 2.52. The van der Waals surface area contributed by atoms with Gasteiger partial charge < -0.3 is 10.6 Å². The summed E-state index contributed by atoms with van der Waals surface area (Å²) < 4.78 is 0. The first-order valence-electron chi connectivity index (χ1n) is 4.19. The summed E-state index contributed by atoms with van der Waals surface area (Å²) in [6.45, 7) is 1.99. The maximum absolute atomic E-state index is 11.2. The highest BCUT2D eigenvalue weighted by molar-refractivity contribution is 6.05. The van der Waals surface area contributed by atoms with E-state index in [2.05, 4.69) is 4.99 Å². The third kappa shape index (κ3) is 0.722. The van der Waals surface area contributed by atoms with E-state index in [1.807, 2.05) is 6.92 Å². The summed E-state index contributed by atoms with van der Waals surface area (Å²) in [6.07, 6.45) is 2.31. The van der Waals surface area contributed by atoms with Crippen LogP contribution in [-0.2, 0) is 0 Å². The van der Waals surface area contributed by atoms with Gasteiger partial charge in [-0.25, -0.2) is 4.79 Å². The average Bonchev–Trinajstić information content (AvgIpc) is 2.80. The molecule has 2 rings (SSSR count). The fourth-order valence-corrected chi connectivity index (χ4v) is 1.79. The molecular weight excluding hydrogens is 154 g/mol. The Morgan fingerprint density at radius 1 is 1.67 bits per heavy atom. The molecule has 1 heterocycles. The Hall–Kier alpha value is -1.06. The smallest absolute Gasteiger partial charge is 0.345 e. The molecule has 0 bridgehead atoms. The third-order valence-corrected chi connectivity index (χ3v) is 3.09. The van der Waals surface area contributed by atoms with Crippen LogP contribution in [0.1, 0.15) is 19.8 Å². The van der Waals surface area contributed by atoms with Crippen LogP contribution in [0, 0.1) is 5.92 Å². The summed E-state index contributed by atoms with van der Waals surface area (Å²) in [5, 5.41) is 0. The van der Waals surface area contributed by atoms with Crippen LogP contribution in [0.15, 0.2) is 4.99 Å². The number of amides is 2. The van der Waals surface area contributed by atoms with Crippen molar-refractivity contribution in [2.45, 2.75) is 25.3 Å². The van der Waals surface area contributed by atoms with Crippen LogP contribution in [0.3, 0.4) is 0 Å². The fraction of sp³-hybridized carbons (Fsp3) is 0.750. The van der Waals surface area contributed by atoms with E-state index in [4.69, 9.17) is 5.73 Å². The van der Waals surface area contributed by atoms with E-state index in [1.54, 1.807) is 11.9 Å². The molecule has 4 nitrogen and oxygen atoms in total. The minimum absolute atomic E-state index is 0.207. The number of urea groups is 1. The number of nitrogens with two attached hydrogens (primary N) is 1. The SMILES string of the molecule is CN1C(=O)N=C(N)C1(C)C1CC1. The molecule has 1 atom stereocenters. The quantitative estimate of drug-likeness (QED) is 0.621. The van der Waals surface area contributed by atoms with Crippen molar-refractivity contribution < 1.29 is 4.79 Å². The van der Waals surface area contributed by atoms with Crippen molar-refractivity contribution in [2.75, 3.05) is 7.05 Å². The number of nitrogens with zero attached hydrogens (tertiary/aromatic N) is 2. The number of hydrogen-bond donors (Lipinski definition) is 1. The normalized spacial score (nSPS) is 35.7. The lowest BCUT2D eigenvalue weighted by molar-refractivity contribution is 0.187. The zero-order valence-electron chi connectivity index (χ0n) is 7.37. The van der Waals surface area contributed by atoms with Gasteiger partial charge in [0.1, 0.15) is 11.4 Å². The second kappa shape index (κ2) is 2.00. The first-order chi connectivity index (χ1) is 5.56. The summed E-state index contributed by atoms with van der Waals surface area (Å²) in [4.78, 5) is 16.6. The summed E-state index contributed by atoms with van der Waals surface area (Å²) in [6, 6.07) is -0.207. The number of aliphatic imine (C=N–C) groups is 1. The largest absolute Gasteiger partial charge is 0.385 e. The van der Waals surface area contributed by atoms with Crippen LogP contribution >= 0.6 is 0 Å². The van der Waals surface area contributed by atoms with E-state index >= 15 is 0 Å². The van der Waals surface area contributed by atoms with Gasteiger partial charge in [0.05, 0.1) is 0 Å². The first-order valence-corrected chi connectivity index (χ1v) is 4.19.